The topological polar surface area (TPSA) is 69.5 Å². The Bertz CT molecular complexity index is 499. The maximum Gasteiger partial charge on any atom is 0.133 e. The lowest BCUT2D eigenvalue weighted by Gasteiger charge is -2.28. The molecule has 0 unspecified atom stereocenters. The zero-order chi connectivity index (χ0) is 16.5. The summed E-state index contributed by atoms with van der Waals surface area (Å²) in [5, 5.41) is 19.9. The summed E-state index contributed by atoms with van der Waals surface area (Å²) in [5.74, 6) is 0.962. The van der Waals surface area contributed by atoms with Crippen LogP contribution >= 0.6 is 0 Å². The molecule has 124 valence electrons. The lowest BCUT2D eigenvalue weighted by atomic mass is 9.88. The molecule has 1 fully saturated rings. The molecule has 22 heavy (non-hydrogen) atoms. The van der Waals surface area contributed by atoms with Crippen molar-refractivity contribution in [1.82, 2.24) is 14.9 Å². The summed E-state index contributed by atoms with van der Waals surface area (Å²) < 4.78 is 0. The molecule has 0 radical (unpaired) electrons. The van der Waals surface area contributed by atoms with Crippen LogP contribution in [0.2, 0.25) is 0 Å². The van der Waals surface area contributed by atoms with Crippen LogP contribution in [0, 0.1) is 11.8 Å². The van der Waals surface area contributed by atoms with Crippen molar-refractivity contribution in [3.63, 3.8) is 0 Å². The minimum atomic E-state index is -0.439. The van der Waals surface area contributed by atoms with Gasteiger partial charge >= 0.3 is 0 Å². The molecule has 5 nitrogen and oxygen atoms in total. The van der Waals surface area contributed by atoms with Crippen molar-refractivity contribution in [3.8, 4) is 0 Å². The Hall–Kier alpha value is -1.04. The highest BCUT2D eigenvalue weighted by Crippen LogP contribution is 2.36. The van der Waals surface area contributed by atoms with E-state index in [9.17, 15) is 10.2 Å². The van der Waals surface area contributed by atoms with Crippen molar-refractivity contribution in [2.24, 2.45) is 11.8 Å². The molecule has 0 bridgehead atoms. The van der Waals surface area contributed by atoms with E-state index in [4.69, 9.17) is 4.98 Å². The van der Waals surface area contributed by atoms with Crippen molar-refractivity contribution in [2.75, 3.05) is 20.7 Å². The molecule has 0 spiro atoms. The normalized spacial score (nSPS) is 29.3. The van der Waals surface area contributed by atoms with Gasteiger partial charge in [0.25, 0.3) is 0 Å². The first-order chi connectivity index (χ1) is 10.2. The Balaban J connectivity index is 2.23. The molecule has 0 amide bonds. The van der Waals surface area contributed by atoms with E-state index in [0.29, 0.717) is 6.42 Å². The number of hydrogen-bond donors (Lipinski definition) is 2. The summed E-state index contributed by atoms with van der Waals surface area (Å²) in [5.41, 5.74) is 0.909. The molecule has 1 aliphatic carbocycles. The third-order valence-corrected chi connectivity index (χ3v) is 4.72. The molecule has 1 saturated carbocycles. The zero-order valence-corrected chi connectivity index (χ0v) is 14.3. The van der Waals surface area contributed by atoms with Gasteiger partial charge in [0.05, 0.1) is 6.10 Å². The predicted molar refractivity (Wildman–Crippen MR) is 86.6 cm³/mol. The Kier molecular flexibility index (Phi) is 5.20. The molecule has 2 N–H and O–H groups in total. The highest BCUT2D eigenvalue weighted by molar-refractivity contribution is 5.11. The first-order valence-electron chi connectivity index (χ1n) is 8.01. The van der Waals surface area contributed by atoms with Crippen LogP contribution in [0.1, 0.15) is 38.7 Å². The number of rotatable bonds is 4. The van der Waals surface area contributed by atoms with Gasteiger partial charge in [-0.15, -0.1) is 0 Å². The van der Waals surface area contributed by atoms with E-state index in [1.807, 2.05) is 26.4 Å². The number of aliphatic hydroxyl groups is 2. The molecule has 1 aliphatic rings. The second kappa shape index (κ2) is 6.60. The third kappa shape index (κ3) is 3.65. The smallest absolute Gasteiger partial charge is 0.133 e. The number of hydrogen-bond acceptors (Lipinski definition) is 5. The first kappa shape index (κ1) is 17.3. The van der Waals surface area contributed by atoms with Gasteiger partial charge in [-0.05, 0) is 38.9 Å². The summed E-state index contributed by atoms with van der Waals surface area (Å²) >= 11 is 0. The quantitative estimate of drug-likeness (QED) is 0.876. The fraction of sp³-hybridized carbons (Fsp3) is 0.765. The predicted octanol–water partition coefficient (Wildman–Crippen LogP) is 1.24. The van der Waals surface area contributed by atoms with Gasteiger partial charge in [-0.25, -0.2) is 9.97 Å². The van der Waals surface area contributed by atoms with Crippen molar-refractivity contribution in [2.45, 2.75) is 51.2 Å². The van der Waals surface area contributed by atoms with E-state index >= 15 is 0 Å². The second-order valence-electron chi connectivity index (χ2n) is 7.67. The van der Waals surface area contributed by atoms with Crippen LogP contribution in [0.25, 0.3) is 0 Å². The van der Waals surface area contributed by atoms with Crippen LogP contribution in [0.15, 0.2) is 12.3 Å². The van der Waals surface area contributed by atoms with E-state index in [0.717, 1.165) is 17.9 Å². The van der Waals surface area contributed by atoms with Gasteiger partial charge in [0.1, 0.15) is 5.82 Å². The molecule has 2 rings (SSSR count). The Morgan fingerprint density at radius 1 is 1.27 bits per heavy atom. The summed E-state index contributed by atoms with van der Waals surface area (Å²) in [6.07, 6.45) is 2.84. The molecule has 4 atom stereocenters. The van der Waals surface area contributed by atoms with Crippen molar-refractivity contribution < 1.29 is 10.2 Å². The number of aliphatic hydroxyl groups excluding tert-OH is 2. The Morgan fingerprint density at radius 2 is 1.95 bits per heavy atom. The molecule has 0 aromatic carbocycles. The fourth-order valence-electron chi connectivity index (χ4n) is 3.42. The van der Waals surface area contributed by atoms with Crippen molar-refractivity contribution in [3.05, 3.63) is 23.8 Å². The highest BCUT2D eigenvalue weighted by atomic mass is 16.3. The van der Waals surface area contributed by atoms with Gasteiger partial charge in [-0.2, -0.15) is 0 Å². The van der Waals surface area contributed by atoms with E-state index < -0.39 is 6.10 Å². The first-order valence-corrected chi connectivity index (χ1v) is 8.01. The van der Waals surface area contributed by atoms with Gasteiger partial charge in [-0.3, -0.25) is 0 Å². The van der Waals surface area contributed by atoms with Crippen LogP contribution in [0.3, 0.4) is 0 Å². The molecule has 0 saturated heterocycles. The third-order valence-electron chi connectivity index (χ3n) is 4.72. The number of nitrogens with zero attached hydrogens (tertiary/aromatic N) is 3. The van der Waals surface area contributed by atoms with Crippen molar-refractivity contribution >= 4 is 0 Å². The van der Waals surface area contributed by atoms with Crippen LogP contribution < -0.4 is 0 Å². The minimum absolute atomic E-state index is 0.0212. The summed E-state index contributed by atoms with van der Waals surface area (Å²) in [4.78, 5) is 11.2. The Labute approximate surface area is 133 Å². The van der Waals surface area contributed by atoms with Gasteiger partial charge < -0.3 is 15.1 Å². The molecule has 1 aromatic heterocycles. The summed E-state index contributed by atoms with van der Waals surface area (Å²) in [6.45, 7) is 6.33. The molecular formula is C17H29N3O2. The SMILES string of the molecule is CN(C)[C@@H]1C[C@@H](O)[C@H](CO)[C@H]1Cc1ccnc(C(C)(C)C)n1. The average molecular weight is 307 g/mol. The second-order valence-corrected chi connectivity index (χ2v) is 7.67. The fourth-order valence-corrected chi connectivity index (χ4v) is 3.42. The summed E-state index contributed by atoms with van der Waals surface area (Å²) in [6, 6.07) is 2.21. The molecule has 1 heterocycles. The minimum Gasteiger partial charge on any atom is -0.396 e. The monoisotopic (exact) mass is 307 g/mol. The standard InChI is InChI=1S/C17H29N3O2/c1-17(2,3)16-18-7-6-11(19-16)8-12-13(10-21)15(22)9-14(12)20(4)5/h6-7,12-15,21-22H,8-10H2,1-5H3/t12-,13-,14-,15-/m1/s1. The van der Waals surface area contributed by atoms with Crippen molar-refractivity contribution in [1.29, 1.82) is 0 Å². The zero-order valence-electron chi connectivity index (χ0n) is 14.3. The van der Waals surface area contributed by atoms with Crippen LogP contribution in [0.4, 0.5) is 0 Å². The van der Waals surface area contributed by atoms with E-state index in [1.165, 1.54) is 0 Å². The van der Waals surface area contributed by atoms with E-state index in [-0.39, 0.29) is 29.9 Å². The summed E-state index contributed by atoms with van der Waals surface area (Å²) in [7, 11) is 4.06. The molecule has 1 aromatic rings. The maximum absolute atomic E-state index is 10.2. The van der Waals surface area contributed by atoms with Gasteiger partial charge in [0.2, 0.25) is 0 Å². The number of aromatic nitrogens is 2. The van der Waals surface area contributed by atoms with Gasteiger partial charge in [0.15, 0.2) is 0 Å². The Morgan fingerprint density at radius 3 is 2.50 bits per heavy atom. The molecule has 5 heteroatoms. The van der Waals surface area contributed by atoms with Crippen LogP contribution in [-0.4, -0.2) is 57.9 Å². The van der Waals surface area contributed by atoms with Gasteiger partial charge in [0, 0.05) is 35.9 Å². The molecular weight excluding hydrogens is 278 g/mol. The average Bonchev–Trinajstić information content (AvgIpc) is 2.74. The van der Waals surface area contributed by atoms with E-state index in [2.05, 4.69) is 30.7 Å². The van der Waals surface area contributed by atoms with Crippen LogP contribution in [-0.2, 0) is 11.8 Å². The maximum atomic E-state index is 10.2. The van der Waals surface area contributed by atoms with E-state index in [1.54, 1.807) is 0 Å². The van der Waals surface area contributed by atoms with Crippen LogP contribution in [0.5, 0.6) is 0 Å². The lowest BCUT2D eigenvalue weighted by Crippen LogP contribution is -2.35. The molecule has 0 aliphatic heterocycles. The largest absolute Gasteiger partial charge is 0.396 e. The lowest BCUT2D eigenvalue weighted by molar-refractivity contribution is 0.0707. The van der Waals surface area contributed by atoms with Gasteiger partial charge in [-0.1, -0.05) is 20.8 Å². The highest BCUT2D eigenvalue weighted by Gasteiger charge is 2.43.